The molecule has 32 heavy (non-hydrogen) atoms. The molecule has 0 bridgehead atoms. The van der Waals surface area contributed by atoms with Gasteiger partial charge in [0, 0.05) is 65.1 Å². The van der Waals surface area contributed by atoms with Gasteiger partial charge in [0.15, 0.2) is 5.96 Å². The second kappa shape index (κ2) is 12.0. The third-order valence-electron chi connectivity index (χ3n) is 6.58. The second-order valence-electron chi connectivity index (χ2n) is 8.60. The van der Waals surface area contributed by atoms with Crippen LogP contribution in [0, 0.1) is 0 Å². The maximum Gasteiger partial charge on any atom is 0.239 e. The fourth-order valence-electron chi connectivity index (χ4n) is 4.52. The Morgan fingerprint density at radius 2 is 1.75 bits per heavy atom. The molecule has 3 heterocycles. The number of nitrogens with zero attached hydrogens (tertiary/aromatic N) is 6. The Morgan fingerprint density at radius 3 is 2.31 bits per heavy atom. The van der Waals surface area contributed by atoms with Gasteiger partial charge in [-0.1, -0.05) is 6.07 Å². The van der Waals surface area contributed by atoms with E-state index in [4.69, 9.17) is 4.99 Å². The highest BCUT2D eigenvalue weighted by molar-refractivity contribution is 5.82. The standard InChI is InChI=1S/C24H41N7O/c1-5-25-24(27-19-21-10-11-22(26-18-21)28(6-2)7-3)31-16-14-29(15-17-31)20(4)23(32)30-12-8-9-13-30/h10-11,18,20H,5-9,12-17,19H2,1-4H3,(H,25,27). The normalized spacial score (nSPS) is 18.7. The number of rotatable bonds is 8. The molecule has 0 aliphatic carbocycles. The van der Waals surface area contributed by atoms with E-state index in [2.05, 4.69) is 64.8 Å². The topological polar surface area (TPSA) is 67.3 Å². The Labute approximate surface area is 193 Å². The molecule has 1 atom stereocenters. The molecular formula is C24H41N7O. The summed E-state index contributed by atoms with van der Waals surface area (Å²) in [5.74, 6) is 2.25. The third kappa shape index (κ3) is 6.12. The molecule has 1 amide bonds. The molecule has 8 heteroatoms. The zero-order chi connectivity index (χ0) is 22.9. The number of carbonyl (C=O) groups is 1. The molecule has 2 aliphatic heterocycles. The van der Waals surface area contributed by atoms with Gasteiger partial charge in [-0.3, -0.25) is 9.69 Å². The summed E-state index contributed by atoms with van der Waals surface area (Å²) in [5, 5.41) is 3.44. The molecule has 1 aromatic heterocycles. The predicted octanol–water partition coefficient (Wildman–Crippen LogP) is 2.02. The number of pyridine rings is 1. The van der Waals surface area contributed by atoms with Gasteiger partial charge in [-0.15, -0.1) is 0 Å². The van der Waals surface area contributed by atoms with E-state index >= 15 is 0 Å². The van der Waals surface area contributed by atoms with E-state index in [0.717, 1.165) is 89.1 Å². The molecule has 2 saturated heterocycles. The predicted molar refractivity (Wildman–Crippen MR) is 131 cm³/mol. The van der Waals surface area contributed by atoms with Gasteiger partial charge < -0.3 is 20.0 Å². The number of hydrogen-bond donors (Lipinski definition) is 1. The Balaban J connectivity index is 1.55. The first-order valence-corrected chi connectivity index (χ1v) is 12.3. The summed E-state index contributed by atoms with van der Waals surface area (Å²) in [5.41, 5.74) is 1.11. The van der Waals surface area contributed by atoms with Gasteiger partial charge in [0.1, 0.15) is 5.82 Å². The zero-order valence-electron chi connectivity index (χ0n) is 20.4. The highest BCUT2D eigenvalue weighted by atomic mass is 16.2. The molecule has 178 valence electrons. The monoisotopic (exact) mass is 443 g/mol. The van der Waals surface area contributed by atoms with Crippen LogP contribution in [0.25, 0.3) is 0 Å². The van der Waals surface area contributed by atoms with Crippen LogP contribution in [-0.2, 0) is 11.3 Å². The fourth-order valence-corrected chi connectivity index (χ4v) is 4.52. The number of piperazine rings is 1. The first-order valence-electron chi connectivity index (χ1n) is 12.3. The first-order chi connectivity index (χ1) is 15.6. The van der Waals surface area contributed by atoms with Gasteiger partial charge in [-0.2, -0.15) is 0 Å². The number of guanidine groups is 1. The number of aliphatic imine (C=N–C) groups is 1. The third-order valence-corrected chi connectivity index (χ3v) is 6.58. The van der Waals surface area contributed by atoms with Crippen LogP contribution < -0.4 is 10.2 Å². The van der Waals surface area contributed by atoms with E-state index in [1.807, 2.05) is 11.1 Å². The van der Waals surface area contributed by atoms with Crippen molar-refractivity contribution in [3.8, 4) is 0 Å². The summed E-state index contributed by atoms with van der Waals surface area (Å²) in [7, 11) is 0. The summed E-state index contributed by atoms with van der Waals surface area (Å²) in [4.78, 5) is 31.1. The fraction of sp³-hybridized carbons (Fsp3) is 0.708. The van der Waals surface area contributed by atoms with Crippen molar-refractivity contribution in [1.82, 2.24) is 25.0 Å². The summed E-state index contributed by atoms with van der Waals surface area (Å²) in [6.45, 7) is 17.2. The van der Waals surface area contributed by atoms with Gasteiger partial charge in [0.2, 0.25) is 5.91 Å². The van der Waals surface area contributed by atoms with Crippen LogP contribution in [-0.4, -0.2) is 96.5 Å². The van der Waals surface area contributed by atoms with Gasteiger partial charge in [-0.25, -0.2) is 9.98 Å². The van der Waals surface area contributed by atoms with Crippen LogP contribution in [0.3, 0.4) is 0 Å². The van der Waals surface area contributed by atoms with Crippen LogP contribution in [0.1, 0.15) is 46.1 Å². The molecule has 1 N–H and O–H groups in total. The molecule has 2 fully saturated rings. The van der Waals surface area contributed by atoms with E-state index in [-0.39, 0.29) is 11.9 Å². The Hall–Kier alpha value is -2.35. The maximum atomic E-state index is 12.8. The van der Waals surface area contributed by atoms with Gasteiger partial charge in [0.25, 0.3) is 0 Å². The van der Waals surface area contributed by atoms with Gasteiger partial charge in [0.05, 0.1) is 12.6 Å². The quantitative estimate of drug-likeness (QED) is 0.490. The van der Waals surface area contributed by atoms with Crippen molar-refractivity contribution >= 4 is 17.7 Å². The SMILES string of the molecule is CCNC(=NCc1ccc(N(CC)CC)nc1)N1CCN(C(C)C(=O)N2CCCC2)CC1. The van der Waals surface area contributed by atoms with Crippen molar-refractivity contribution in [1.29, 1.82) is 0 Å². The maximum absolute atomic E-state index is 12.8. The van der Waals surface area contributed by atoms with Gasteiger partial charge in [-0.05, 0) is 52.2 Å². The molecule has 0 saturated carbocycles. The molecule has 8 nitrogen and oxygen atoms in total. The number of nitrogens with one attached hydrogen (secondary N) is 1. The number of likely N-dealkylation sites (tertiary alicyclic amines) is 1. The van der Waals surface area contributed by atoms with Crippen molar-refractivity contribution in [2.75, 3.05) is 63.8 Å². The molecule has 1 unspecified atom stereocenters. The minimum absolute atomic E-state index is 0.0369. The van der Waals surface area contributed by atoms with Gasteiger partial charge >= 0.3 is 0 Å². The molecule has 1 aromatic rings. The molecule has 3 rings (SSSR count). The second-order valence-corrected chi connectivity index (χ2v) is 8.60. The van der Waals surface area contributed by atoms with Crippen LogP contribution in [0.2, 0.25) is 0 Å². The molecule has 0 aromatic carbocycles. The molecule has 2 aliphatic rings. The Kier molecular flexibility index (Phi) is 9.14. The van der Waals surface area contributed by atoms with Crippen molar-refractivity contribution in [2.45, 2.75) is 53.1 Å². The highest BCUT2D eigenvalue weighted by Crippen LogP contribution is 2.15. The van der Waals surface area contributed by atoms with Crippen LogP contribution in [0.5, 0.6) is 0 Å². The Morgan fingerprint density at radius 1 is 1.06 bits per heavy atom. The van der Waals surface area contributed by atoms with Crippen molar-refractivity contribution in [2.24, 2.45) is 4.99 Å². The summed E-state index contributed by atoms with van der Waals surface area (Å²) in [6, 6.07) is 4.17. The van der Waals surface area contributed by atoms with Crippen LogP contribution in [0.15, 0.2) is 23.3 Å². The zero-order valence-corrected chi connectivity index (χ0v) is 20.4. The summed E-state index contributed by atoms with van der Waals surface area (Å²) in [6.07, 6.45) is 4.22. The van der Waals surface area contributed by atoms with Crippen LogP contribution >= 0.6 is 0 Å². The Bertz CT molecular complexity index is 733. The van der Waals surface area contributed by atoms with Crippen LogP contribution in [0.4, 0.5) is 5.82 Å². The molecule has 0 spiro atoms. The van der Waals surface area contributed by atoms with E-state index in [1.54, 1.807) is 0 Å². The summed E-state index contributed by atoms with van der Waals surface area (Å²) < 4.78 is 0. The van der Waals surface area contributed by atoms with Crippen molar-refractivity contribution in [3.63, 3.8) is 0 Å². The minimum Gasteiger partial charge on any atom is -0.357 e. The van der Waals surface area contributed by atoms with Crippen molar-refractivity contribution < 1.29 is 4.79 Å². The lowest BCUT2D eigenvalue weighted by molar-refractivity contribution is -0.135. The largest absolute Gasteiger partial charge is 0.357 e. The average Bonchev–Trinajstić information content (AvgIpc) is 3.37. The van der Waals surface area contributed by atoms with E-state index in [9.17, 15) is 4.79 Å². The van der Waals surface area contributed by atoms with E-state index in [1.165, 1.54) is 0 Å². The smallest absolute Gasteiger partial charge is 0.239 e. The molecular weight excluding hydrogens is 402 g/mol. The number of amides is 1. The lowest BCUT2D eigenvalue weighted by Gasteiger charge is -2.39. The highest BCUT2D eigenvalue weighted by Gasteiger charge is 2.30. The summed E-state index contributed by atoms with van der Waals surface area (Å²) >= 11 is 0. The first kappa shape index (κ1) is 24.3. The molecule has 0 radical (unpaired) electrons. The number of aromatic nitrogens is 1. The number of carbonyl (C=O) groups excluding carboxylic acids is 1. The number of anilines is 1. The number of hydrogen-bond acceptors (Lipinski definition) is 5. The lowest BCUT2D eigenvalue weighted by atomic mass is 10.2. The van der Waals surface area contributed by atoms with E-state index in [0.29, 0.717) is 6.54 Å². The lowest BCUT2D eigenvalue weighted by Crippen LogP contribution is -2.57. The van der Waals surface area contributed by atoms with Crippen molar-refractivity contribution in [3.05, 3.63) is 23.9 Å². The minimum atomic E-state index is -0.0369. The average molecular weight is 444 g/mol. The van der Waals surface area contributed by atoms with E-state index < -0.39 is 0 Å².